The third-order valence-electron chi connectivity index (χ3n) is 3.70. The summed E-state index contributed by atoms with van der Waals surface area (Å²) in [5.41, 5.74) is 0.144. The number of carbonyl (C=O) groups is 2. The molecule has 1 fully saturated rings. The lowest BCUT2D eigenvalue weighted by Gasteiger charge is -2.22. The van der Waals surface area contributed by atoms with Crippen molar-refractivity contribution in [1.82, 2.24) is 19.7 Å². The number of amides is 2. The standard InChI is InChI=1S/C13H20N4O5S/c1-9-6-11(15-22-9)13(19)16-4-5-17(23(3,20)21)8-10(7-16)12(18)14-2/h6,10H,4-5,7-8H2,1-3H3,(H,14,18)/t10-/m1/s1. The van der Waals surface area contributed by atoms with Gasteiger partial charge in [-0.15, -0.1) is 0 Å². The van der Waals surface area contributed by atoms with Crippen LogP contribution in [0.4, 0.5) is 0 Å². The number of hydrogen-bond donors (Lipinski definition) is 1. The van der Waals surface area contributed by atoms with Gasteiger partial charge in [0.2, 0.25) is 15.9 Å². The monoisotopic (exact) mass is 344 g/mol. The molecule has 0 aliphatic carbocycles. The first-order chi connectivity index (χ1) is 10.7. The van der Waals surface area contributed by atoms with Crippen molar-refractivity contribution >= 4 is 21.8 Å². The Morgan fingerprint density at radius 3 is 2.57 bits per heavy atom. The summed E-state index contributed by atoms with van der Waals surface area (Å²) in [6.07, 6.45) is 1.09. The summed E-state index contributed by atoms with van der Waals surface area (Å²) < 4.78 is 29.7. The zero-order valence-corrected chi connectivity index (χ0v) is 14.1. The number of hydrogen-bond acceptors (Lipinski definition) is 6. The van der Waals surface area contributed by atoms with E-state index in [1.54, 1.807) is 6.92 Å². The highest BCUT2D eigenvalue weighted by molar-refractivity contribution is 7.88. The quantitative estimate of drug-likeness (QED) is 0.757. The van der Waals surface area contributed by atoms with Gasteiger partial charge < -0.3 is 14.7 Å². The van der Waals surface area contributed by atoms with Crippen molar-refractivity contribution in [3.8, 4) is 0 Å². The predicted molar refractivity (Wildman–Crippen MR) is 81.1 cm³/mol. The molecule has 1 aliphatic rings. The summed E-state index contributed by atoms with van der Waals surface area (Å²) in [5, 5.41) is 6.19. The second-order valence-electron chi connectivity index (χ2n) is 5.51. The fourth-order valence-electron chi connectivity index (χ4n) is 2.47. The fourth-order valence-corrected chi connectivity index (χ4v) is 3.33. The Morgan fingerprint density at radius 1 is 1.35 bits per heavy atom. The van der Waals surface area contributed by atoms with Crippen molar-refractivity contribution < 1.29 is 22.5 Å². The molecule has 128 valence electrons. The molecule has 0 aromatic carbocycles. The van der Waals surface area contributed by atoms with Crippen molar-refractivity contribution in [2.75, 3.05) is 39.5 Å². The number of aryl methyl sites for hydroxylation is 1. The van der Waals surface area contributed by atoms with Crippen LogP contribution in [0.15, 0.2) is 10.6 Å². The van der Waals surface area contributed by atoms with Gasteiger partial charge in [-0.25, -0.2) is 8.42 Å². The highest BCUT2D eigenvalue weighted by Gasteiger charge is 2.33. The molecule has 0 radical (unpaired) electrons. The number of sulfonamides is 1. The Bertz CT molecular complexity index is 699. The number of carbonyl (C=O) groups excluding carboxylic acids is 2. The molecule has 1 saturated heterocycles. The molecule has 1 aliphatic heterocycles. The van der Waals surface area contributed by atoms with Crippen LogP contribution < -0.4 is 5.32 Å². The van der Waals surface area contributed by atoms with Crippen LogP contribution in [-0.4, -0.2) is 74.1 Å². The Kier molecular flexibility index (Phi) is 5.05. The van der Waals surface area contributed by atoms with Gasteiger partial charge in [0.25, 0.3) is 5.91 Å². The predicted octanol–water partition coefficient (Wildman–Crippen LogP) is -0.937. The van der Waals surface area contributed by atoms with Gasteiger partial charge in [0.05, 0.1) is 12.2 Å². The lowest BCUT2D eigenvalue weighted by molar-refractivity contribution is -0.124. The van der Waals surface area contributed by atoms with E-state index < -0.39 is 15.9 Å². The molecule has 2 heterocycles. The number of nitrogens with one attached hydrogen (secondary N) is 1. The highest BCUT2D eigenvalue weighted by atomic mass is 32.2. The maximum absolute atomic E-state index is 12.5. The van der Waals surface area contributed by atoms with Gasteiger partial charge in [-0.05, 0) is 6.92 Å². The zero-order valence-electron chi connectivity index (χ0n) is 13.3. The summed E-state index contributed by atoms with van der Waals surface area (Å²) in [5.74, 6) is -0.834. The normalized spacial score (nSPS) is 20.1. The van der Waals surface area contributed by atoms with Gasteiger partial charge in [-0.2, -0.15) is 4.31 Å². The van der Waals surface area contributed by atoms with E-state index in [2.05, 4.69) is 10.5 Å². The van der Waals surface area contributed by atoms with Gasteiger partial charge in [-0.1, -0.05) is 5.16 Å². The van der Waals surface area contributed by atoms with Crippen molar-refractivity contribution in [3.63, 3.8) is 0 Å². The van der Waals surface area contributed by atoms with E-state index in [0.29, 0.717) is 5.76 Å². The van der Waals surface area contributed by atoms with Crippen LogP contribution in [0.5, 0.6) is 0 Å². The largest absolute Gasteiger partial charge is 0.361 e. The van der Waals surface area contributed by atoms with Gasteiger partial charge in [0, 0.05) is 39.3 Å². The average Bonchev–Trinajstić information content (AvgIpc) is 2.78. The van der Waals surface area contributed by atoms with Crippen molar-refractivity contribution in [3.05, 3.63) is 17.5 Å². The first kappa shape index (κ1) is 17.4. The number of rotatable bonds is 3. The maximum atomic E-state index is 12.5. The molecule has 0 spiro atoms. The van der Waals surface area contributed by atoms with Crippen molar-refractivity contribution in [1.29, 1.82) is 0 Å². The fraction of sp³-hybridized carbons (Fsp3) is 0.615. The molecule has 9 nitrogen and oxygen atoms in total. The first-order valence-electron chi connectivity index (χ1n) is 7.11. The molecule has 1 aromatic heterocycles. The van der Waals surface area contributed by atoms with Crippen LogP contribution in [0, 0.1) is 12.8 Å². The topological polar surface area (TPSA) is 113 Å². The van der Waals surface area contributed by atoms with Crippen LogP contribution >= 0.6 is 0 Å². The van der Waals surface area contributed by atoms with E-state index in [1.165, 1.54) is 22.3 Å². The van der Waals surface area contributed by atoms with E-state index in [9.17, 15) is 18.0 Å². The molecule has 0 bridgehead atoms. The molecule has 2 rings (SSSR count). The average molecular weight is 344 g/mol. The smallest absolute Gasteiger partial charge is 0.276 e. The van der Waals surface area contributed by atoms with E-state index in [-0.39, 0.29) is 43.7 Å². The molecule has 0 unspecified atom stereocenters. The van der Waals surface area contributed by atoms with Crippen molar-refractivity contribution in [2.45, 2.75) is 6.92 Å². The molecular weight excluding hydrogens is 324 g/mol. The molecular formula is C13H20N4O5S. The number of aromatic nitrogens is 1. The van der Waals surface area contributed by atoms with Crippen LogP contribution in [0.25, 0.3) is 0 Å². The lowest BCUT2D eigenvalue weighted by atomic mass is 10.1. The molecule has 1 N–H and O–H groups in total. The molecule has 1 aromatic rings. The van der Waals surface area contributed by atoms with Gasteiger partial charge in [-0.3, -0.25) is 9.59 Å². The van der Waals surface area contributed by atoms with E-state index in [1.807, 2.05) is 0 Å². The van der Waals surface area contributed by atoms with E-state index >= 15 is 0 Å². The third-order valence-corrected chi connectivity index (χ3v) is 4.97. The Morgan fingerprint density at radius 2 is 2.04 bits per heavy atom. The summed E-state index contributed by atoms with van der Waals surface area (Å²) in [4.78, 5) is 25.9. The third kappa shape index (κ3) is 4.08. The maximum Gasteiger partial charge on any atom is 0.276 e. The second kappa shape index (κ2) is 6.67. The summed E-state index contributed by atoms with van der Waals surface area (Å²) in [6, 6.07) is 1.51. The lowest BCUT2D eigenvalue weighted by Crippen LogP contribution is -2.42. The molecule has 2 amide bonds. The SMILES string of the molecule is CNC(=O)[C@@H]1CN(C(=O)c2cc(C)on2)CCN(S(C)(=O)=O)C1. The van der Waals surface area contributed by atoms with Crippen LogP contribution in [0.1, 0.15) is 16.2 Å². The van der Waals surface area contributed by atoms with Gasteiger partial charge >= 0.3 is 0 Å². The molecule has 0 saturated carbocycles. The summed E-state index contributed by atoms with van der Waals surface area (Å²) >= 11 is 0. The zero-order chi connectivity index (χ0) is 17.2. The molecule has 1 atom stereocenters. The minimum atomic E-state index is -3.45. The Balaban J connectivity index is 2.24. The Hall–Kier alpha value is -1.94. The van der Waals surface area contributed by atoms with E-state index in [0.717, 1.165) is 6.26 Å². The van der Waals surface area contributed by atoms with E-state index in [4.69, 9.17) is 4.52 Å². The van der Waals surface area contributed by atoms with Crippen LogP contribution in [0.3, 0.4) is 0 Å². The van der Waals surface area contributed by atoms with Crippen LogP contribution in [0.2, 0.25) is 0 Å². The van der Waals surface area contributed by atoms with Gasteiger partial charge in [0.1, 0.15) is 5.76 Å². The first-order valence-corrected chi connectivity index (χ1v) is 8.96. The van der Waals surface area contributed by atoms with Gasteiger partial charge in [0.15, 0.2) is 5.69 Å². The number of nitrogens with zero attached hydrogens (tertiary/aromatic N) is 3. The van der Waals surface area contributed by atoms with Crippen molar-refractivity contribution in [2.24, 2.45) is 5.92 Å². The minimum absolute atomic E-state index is 0.0418. The minimum Gasteiger partial charge on any atom is -0.361 e. The highest BCUT2D eigenvalue weighted by Crippen LogP contribution is 2.15. The second-order valence-corrected chi connectivity index (χ2v) is 7.49. The summed E-state index contributed by atoms with van der Waals surface area (Å²) in [7, 11) is -1.97. The summed E-state index contributed by atoms with van der Waals surface area (Å²) in [6.45, 7) is 2.15. The Labute approximate surface area is 134 Å². The van der Waals surface area contributed by atoms with Crippen LogP contribution in [-0.2, 0) is 14.8 Å². The molecule has 23 heavy (non-hydrogen) atoms. The molecule has 10 heteroatoms.